The van der Waals surface area contributed by atoms with Crippen LogP contribution in [-0.4, -0.2) is 10.5 Å². The van der Waals surface area contributed by atoms with Crippen LogP contribution < -0.4 is 16.6 Å². The first-order chi connectivity index (χ1) is 9.93. The Bertz CT molecular complexity index is 756. The van der Waals surface area contributed by atoms with E-state index in [0.717, 1.165) is 12.1 Å². The molecule has 1 amide bonds. The number of nitrogen functional groups attached to an aromatic ring is 1. The predicted octanol–water partition coefficient (Wildman–Crippen LogP) is 1.98. The van der Waals surface area contributed by atoms with Gasteiger partial charge in [-0.25, -0.2) is 8.78 Å². The third kappa shape index (κ3) is 2.91. The van der Waals surface area contributed by atoms with Crippen LogP contribution in [0.5, 0.6) is 0 Å². The number of nitrogens with zero attached hydrogens (tertiary/aromatic N) is 1. The Morgan fingerprint density at radius 2 is 2.00 bits per heavy atom. The average Bonchev–Trinajstić information content (AvgIpc) is 2.45. The van der Waals surface area contributed by atoms with E-state index in [4.69, 9.17) is 5.73 Å². The fourth-order valence-corrected chi connectivity index (χ4v) is 1.82. The van der Waals surface area contributed by atoms with E-state index in [2.05, 4.69) is 5.32 Å². The molecule has 1 heterocycles. The molecule has 0 unspecified atom stereocenters. The molecule has 0 saturated heterocycles. The van der Waals surface area contributed by atoms with Crippen molar-refractivity contribution >= 4 is 17.3 Å². The van der Waals surface area contributed by atoms with Crippen LogP contribution in [0.4, 0.5) is 20.2 Å². The number of carbonyl (C=O) groups is 1. The summed E-state index contributed by atoms with van der Waals surface area (Å²) in [6, 6.07) is 4.57. The second kappa shape index (κ2) is 5.74. The van der Waals surface area contributed by atoms with Crippen molar-refractivity contribution in [3.63, 3.8) is 0 Å². The van der Waals surface area contributed by atoms with Crippen LogP contribution in [0.3, 0.4) is 0 Å². The van der Waals surface area contributed by atoms with Gasteiger partial charge in [0.2, 0.25) is 0 Å². The molecule has 0 aliphatic heterocycles. The van der Waals surface area contributed by atoms with Gasteiger partial charge in [-0.2, -0.15) is 0 Å². The van der Waals surface area contributed by atoms with Gasteiger partial charge in [0.1, 0.15) is 11.4 Å². The lowest BCUT2D eigenvalue weighted by atomic mass is 10.1. The van der Waals surface area contributed by atoms with Crippen LogP contribution in [0.25, 0.3) is 0 Å². The van der Waals surface area contributed by atoms with E-state index >= 15 is 0 Å². The Kier molecular flexibility index (Phi) is 4.02. The number of hydrogen-bond donors (Lipinski definition) is 2. The predicted molar refractivity (Wildman–Crippen MR) is 75.1 cm³/mol. The highest BCUT2D eigenvalue weighted by atomic mass is 19.1. The molecule has 0 bridgehead atoms. The summed E-state index contributed by atoms with van der Waals surface area (Å²) in [5.74, 6) is -3.10. The molecular weight excluding hydrogens is 280 g/mol. The van der Waals surface area contributed by atoms with Crippen LogP contribution in [0, 0.1) is 11.6 Å². The van der Waals surface area contributed by atoms with Crippen molar-refractivity contribution in [1.29, 1.82) is 0 Å². The minimum atomic E-state index is -1.11. The molecule has 110 valence electrons. The molecule has 2 aromatic rings. The average molecular weight is 293 g/mol. The largest absolute Gasteiger partial charge is 0.396 e. The molecule has 2 rings (SSSR count). The first-order valence-corrected chi connectivity index (χ1v) is 6.19. The topological polar surface area (TPSA) is 77.1 Å². The zero-order valence-electron chi connectivity index (χ0n) is 11.2. The van der Waals surface area contributed by atoms with E-state index in [0.29, 0.717) is 6.54 Å². The molecule has 3 N–H and O–H groups in total. The number of carbonyl (C=O) groups excluding carboxylic acids is 1. The van der Waals surface area contributed by atoms with E-state index in [1.54, 1.807) is 6.92 Å². The number of nitrogens with two attached hydrogens (primary N) is 1. The van der Waals surface area contributed by atoms with Gasteiger partial charge in [-0.15, -0.1) is 0 Å². The summed E-state index contributed by atoms with van der Waals surface area (Å²) in [7, 11) is 0. The summed E-state index contributed by atoms with van der Waals surface area (Å²) < 4.78 is 28.7. The summed E-state index contributed by atoms with van der Waals surface area (Å²) in [5, 5.41) is 2.33. The monoisotopic (exact) mass is 293 g/mol. The van der Waals surface area contributed by atoms with E-state index in [1.165, 1.54) is 22.9 Å². The summed E-state index contributed by atoms with van der Waals surface area (Å²) >= 11 is 0. The molecular formula is C14H13F2N3O2. The SMILES string of the molecule is CCn1cc(NC(=O)c2c(F)ccc(N)c2F)ccc1=O. The van der Waals surface area contributed by atoms with Crippen LogP contribution in [0.1, 0.15) is 17.3 Å². The van der Waals surface area contributed by atoms with Crippen LogP contribution >= 0.6 is 0 Å². The van der Waals surface area contributed by atoms with Crippen LogP contribution in [-0.2, 0) is 6.54 Å². The fraction of sp³-hybridized carbons (Fsp3) is 0.143. The Morgan fingerprint density at radius 3 is 2.67 bits per heavy atom. The molecule has 0 aliphatic carbocycles. The molecule has 7 heteroatoms. The van der Waals surface area contributed by atoms with E-state index in [-0.39, 0.29) is 16.9 Å². The number of nitrogens with one attached hydrogen (secondary N) is 1. The number of pyridine rings is 1. The Hall–Kier alpha value is -2.70. The molecule has 0 spiro atoms. The lowest BCUT2D eigenvalue weighted by Crippen LogP contribution is -2.21. The van der Waals surface area contributed by atoms with Gasteiger partial charge in [-0.3, -0.25) is 9.59 Å². The maximum atomic E-state index is 13.7. The molecule has 0 radical (unpaired) electrons. The third-order valence-corrected chi connectivity index (χ3v) is 2.93. The Balaban J connectivity index is 2.35. The number of aromatic nitrogens is 1. The molecule has 0 aliphatic rings. The zero-order chi connectivity index (χ0) is 15.6. The number of anilines is 2. The van der Waals surface area contributed by atoms with Gasteiger partial charge in [0, 0.05) is 18.8 Å². The molecule has 1 aromatic carbocycles. The van der Waals surface area contributed by atoms with Crippen molar-refractivity contribution in [3.8, 4) is 0 Å². The van der Waals surface area contributed by atoms with Gasteiger partial charge in [0.05, 0.1) is 11.4 Å². The van der Waals surface area contributed by atoms with Crippen molar-refractivity contribution in [2.75, 3.05) is 11.1 Å². The highest BCUT2D eigenvalue weighted by molar-refractivity contribution is 6.05. The maximum Gasteiger partial charge on any atom is 0.261 e. The normalized spacial score (nSPS) is 10.4. The molecule has 5 nitrogen and oxygen atoms in total. The maximum absolute atomic E-state index is 13.7. The van der Waals surface area contributed by atoms with E-state index in [1.807, 2.05) is 0 Å². The van der Waals surface area contributed by atoms with Crippen molar-refractivity contribution in [2.24, 2.45) is 0 Å². The van der Waals surface area contributed by atoms with E-state index < -0.39 is 23.1 Å². The van der Waals surface area contributed by atoms with Crippen molar-refractivity contribution < 1.29 is 13.6 Å². The quantitative estimate of drug-likeness (QED) is 0.849. The second-order valence-electron chi connectivity index (χ2n) is 4.32. The summed E-state index contributed by atoms with van der Waals surface area (Å²) in [5.41, 5.74) is 4.25. The number of halogens is 2. The number of amides is 1. The second-order valence-corrected chi connectivity index (χ2v) is 4.32. The number of hydrogen-bond acceptors (Lipinski definition) is 3. The molecule has 21 heavy (non-hydrogen) atoms. The highest BCUT2D eigenvalue weighted by Gasteiger charge is 2.19. The van der Waals surface area contributed by atoms with Gasteiger partial charge in [-0.1, -0.05) is 0 Å². The van der Waals surface area contributed by atoms with Gasteiger partial charge in [0.25, 0.3) is 11.5 Å². The number of rotatable bonds is 3. The van der Waals surface area contributed by atoms with Crippen LogP contribution in [0.15, 0.2) is 35.3 Å². The van der Waals surface area contributed by atoms with Crippen LogP contribution in [0.2, 0.25) is 0 Å². The van der Waals surface area contributed by atoms with Crippen molar-refractivity contribution in [1.82, 2.24) is 4.57 Å². The Labute approximate surface area is 119 Å². The minimum absolute atomic E-state index is 0.239. The third-order valence-electron chi connectivity index (χ3n) is 2.93. The standard InChI is InChI=1S/C14H13F2N3O2/c1-2-19-7-8(3-6-11(19)20)18-14(21)12-9(15)4-5-10(17)13(12)16/h3-7H,2,17H2,1H3,(H,18,21). The Morgan fingerprint density at radius 1 is 1.29 bits per heavy atom. The summed E-state index contributed by atoms with van der Waals surface area (Å²) in [6.07, 6.45) is 1.39. The van der Waals surface area contributed by atoms with Gasteiger partial charge in [-0.05, 0) is 25.1 Å². The lowest BCUT2D eigenvalue weighted by molar-refractivity contribution is 0.101. The van der Waals surface area contributed by atoms with Crippen molar-refractivity contribution in [2.45, 2.75) is 13.5 Å². The number of aryl methyl sites for hydroxylation is 1. The van der Waals surface area contributed by atoms with Gasteiger partial charge >= 0.3 is 0 Å². The van der Waals surface area contributed by atoms with Gasteiger partial charge in [0.15, 0.2) is 5.82 Å². The summed E-state index contributed by atoms with van der Waals surface area (Å²) in [4.78, 5) is 23.4. The molecule has 1 aromatic heterocycles. The number of benzene rings is 1. The van der Waals surface area contributed by atoms with Gasteiger partial charge < -0.3 is 15.6 Å². The first-order valence-electron chi connectivity index (χ1n) is 6.19. The fourth-order valence-electron chi connectivity index (χ4n) is 1.82. The zero-order valence-corrected chi connectivity index (χ0v) is 11.2. The van der Waals surface area contributed by atoms with E-state index in [9.17, 15) is 18.4 Å². The highest BCUT2D eigenvalue weighted by Crippen LogP contribution is 2.19. The molecule has 0 fully saturated rings. The smallest absolute Gasteiger partial charge is 0.261 e. The van der Waals surface area contributed by atoms with Crippen molar-refractivity contribution in [3.05, 3.63) is 58.0 Å². The lowest BCUT2D eigenvalue weighted by Gasteiger charge is -2.10. The molecule has 0 atom stereocenters. The molecule has 0 saturated carbocycles. The minimum Gasteiger partial charge on any atom is -0.396 e. The summed E-state index contributed by atoms with van der Waals surface area (Å²) in [6.45, 7) is 2.16. The first kappa shape index (κ1) is 14.7.